The third kappa shape index (κ3) is 3.74. The van der Waals surface area contributed by atoms with Crippen LogP contribution in [-0.2, 0) is 11.3 Å². The predicted molar refractivity (Wildman–Crippen MR) is 92.6 cm³/mol. The number of hydrogen-bond acceptors (Lipinski definition) is 4. The molecule has 5 nitrogen and oxygen atoms in total. The summed E-state index contributed by atoms with van der Waals surface area (Å²) in [4.78, 5) is 20.7. The van der Waals surface area contributed by atoms with Gasteiger partial charge in [-0.05, 0) is 42.8 Å². The van der Waals surface area contributed by atoms with Crippen LogP contribution in [-0.4, -0.2) is 47.9 Å². The topological polar surface area (TPSA) is 45.7 Å². The molecule has 1 aliphatic heterocycles. The van der Waals surface area contributed by atoms with Crippen molar-refractivity contribution in [2.24, 2.45) is 0 Å². The Kier molecular flexibility index (Phi) is 5.11. The van der Waals surface area contributed by atoms with E-state index in [1.165, 1.54) is 0 Å². The van der Waals surface area contributed by atoms with Crippen molar-refractivity contribution in [1.82, 2.24) is 14.8 Å². The normalized spacial score (nSPS) is 16.8. The molecule has 1 unspecified atom stereocenters. The van der Waals surface area contributed by atoms with E-state index in [0.29, 0.717) is 6.54 Å². The number of carbonyl (C=O) groups excluding carboxylic acids is 1. The summed E-state index contributed by atoms with van der Waals surface area (Å²) in [6, 6.07) is 12.1. The third-order valence-corrected chi connectivity index (χ3v) is 4.40. The van der Waals surface area contributed by atoms with Crippen LogP contribution in [0.4, 0.5) is 0 Å². The largest absolute Gasteiger partial charge is 0.497 e. The van der Waals surface area contributed by atoms with Gasteiger partial charge in [0.1, 0.15) is 5.75 Å². The van der Waals surface area contributed by atoms with Gasteiger partial charge in [0.25, 0.3) is 0 Å². The number of methoxy groups -OCH3 is 1. The number of hydrogen-bond donors (Lipinski definition) is 0. The van der Waals surface area contributed by atoms with Crippen LogP contribution in [0.2, 0.25) is 0 Å². The highest BCUT2D eigenvalue weighted by atomic mass is 16.5. The van der Waals surface area contributed by atoms with Gasteiger partial charge in [0.15, 0.2) is 0 Å². The molecule has 1 atom stereocenters. The van der Waals surface area contributed by atoms with E-state index in [1.807, 2.05) is 53.4 Å². The number of likely N-dealkylation sites (tertiary alicyclic amines) is 1. The monoisotopic (exact) mass is 325 g/mol. The van der Waals surface area contributed by atoms with Gasteiger partial charge in [-0.1, -0.05) is 18.2 Å². The molecule has 0 saturated carbocycles. The zero-order valence-corrected chi connectivity index (χ0v) is 14.2. The highest BCUT2D eigenvalue weighted by Crippen LogP contribution is 2.34. The minimum atomic E-state index is 0.166. The van der Waals surface area contributed by atoms with Crippen molar-refractivity contribution in [3.8, 4) is 5.75 Å². The van der Waals surface area contributed by atoms with E-state index in [1.54, 1.807) is 13.3 Å². The average molecular weight is 325 g/mol. The highest BCUT2D eigenvalue weighted by Gasteiger charge is 2.33. The molecule has 1 aromatic heterocycles. The Bertz CT molecular complexity index is 690. The summed E-state index contributed by atoms with van der Waals surface area (Å²) in [5, 5.41) is 0. The van der Waals surface area contributed by atoms with Crippen LogP contribution in [0.1, 0.15) is 23.6 Å². The van der Waals surface area contributed by atoms with Crippen LogP contribution in [0, 0.1) is 0 Å². The summed E-state index contributed by atoms with van der Waals surface area (Å²) in [6.45, 7) is 1.95. The number of likely N-dealkylation sites (N-methyl/N-ethyl adjacent to an activating group) is 1. The molecule has 1 amide bonds. The minimum Gasteiger partial charge on any atom is -0.497 e. The van der Waals surface area contributed by atoms with Gasteiger partial charge < -0.3 is 9.64 Å². The van der Waals surface area contributed by atoms with Crippen LogP contribution in [0.3, 0.4) is 0 Å². The molecule has 2 heterocycles. The van der Waals surface area contributed by atoms with Gasteiger partial charge in [-0.25, -0.2) is 0 Å². The number of nitrogens with zero attached hydrogens (tertiary/aromatic N) is 3. The van der Waals surface area contributed by atoms with E-state index < -0.39 is 0 Å². The van der Waals surface area contributed by atoms with Gasteiger partial charge in [-0.15, -0.1) is 0 Å². The number of ether oxygens (including phenoxy) is 1. The fourth-order valence-corrected chi connectivity index (χ4v) is 3.06. The standard InChI is InChI=1S/C19H23N3O2/c1-21(13-15-5-4-9-20-12-15)14-19(23)22-10-8-18(22)16-6-3-7-17(11-16)24-2/h3-7,9,11-12,18H,8,10,13-14H2,1-2H3. The highest BCUT2D eigenvalue weighted by molar-refractivity contribution is 5.79. The van der Waals surface area contributed by atoms with Crippen LogP contribution < -0.4 is 4.74 Å². The molecule has 24 heavy (non-hydrogen) atoms. The fraction of sp³-hybridized carbons (Fsp3) is 0.368. The number of pyridine rings is 1. The van der Waals surface area contributed by atoms with Gasteiger partial charge in [-0.3, -0.25) is 14.7 Å². The van der Waals surface area contributed by atoms with Crippen molar-refractivity contribution in [3.63, 3.8) is 0 Å². The minimum absolute atomic E-state index is 0.166. The lowest BCUT2D eigenvalue weighted by molar-refractivity contribution is -0.140. The van der Waals surface area contributed by atoms with E-state index in [2.05, 4.69) is 11.1 Å². The molecule has 1 aliphatic rings. The lowest BCUT2D eigenvalue weighted by atomic mass is 9.94. The van der Waals surface area contributed by atoms with Crippen molar-refractivity contribution in [2.45, 2.75) is 19.0 Å². The maximum atomic E-state index is 12.6. The summed E-state index contributed by atoms with van der Waals surface area (Å²) >= 11 is 0. The van der Waals surface area contributed by atoms with E-state index in [9.17, 15) is 4.79 Å². The van der Waals surface area contributed by atoms with Crippen molar-refractivity contribution < 1.29 is 9.53 Å². The zero-order chi connectivity index (χ0) is 16.9. The number of amides is 1. The number of benzene rings is 1. The summed E-state index contributed by atoms with van der Waals surface area (Å²) in [5.74, 6) is 1.00. The summed E-state index contributed by atoms with van der Waals surface area (Å²) in [6.07, 6.45) is 4.60. The first-order valence-corrected chi connectivity index (χ1v) is 8.18. The molecule has 2 aromatic rings. The molecule has 1 aromatic carbocycles. The van der Waals surface area contributed by atoms with Gasteiger partial charge in [0, 0.05) is 25.5 Å². The first kappa shape index (κ1) is 16.5. The van der Waals surface area contributed by atoms with Gasteiger partial charge >= 0.3 is 0 Å². The number of rotatable bonds is 6. The van der Waals surface area contributed by atoms with Crippen LogP contribution in [0.25, 0.3) is 0 Å². The van der Waals surface area contributed by atoms with Crippen LogP contribution in [0.5, 0.6) is 5.75 Å². The lowest BCUT2D eigenvalue weighted by Crippen LogP contribution is -2.48. The van der Waals surface area contributed by atoms with Crippen molar-refractivity contribution in [1.29, 1.82) is 0 Å². The van der Waals surface area contributed by atoms with Crippen LogP contribution in [0.15, 0.2) is 48.8 Å². The molecular formula is C19H23N3O2. The Morgan fingerprint density at radius 3 is 2.92 bits per heavy atom. The third-order valence-electron chi connectivity index (χ3n) is 4.40. The first-order valence-electron chi connectivity index (χ1n) is 8.18. The van der Waals surface area contributed by atoms with Crippen LogP contribution >= 0.6 is 0 Å². The number of carbonyl (C=O) groups is 1. The maximum absolute atomic E-state index is 12.6. The zero-order valence-electron chi connectivity index (χ0n) is 14.2. The molecule has 0 aliphatic carbocycles. The predicted octanol–water partition coefficient (Wildman–Crippen LogP) is 2.50. The van der Waals surface area contributed by atoms with Gasteiger partial charge in [0.2, 0.25) is 5.91 Å². The van der Waals surface area contributed by atoms with Gasteiger partial charge in [0.05, 0.1) is 19.7 Å². The molecule has 126 valence electrons. The molecule has 0 spiro atoms. The Labute approximate surface area is 142 Å². The fourth-order valence-electron chi connectivity index (χ4n) is 3.06. The molecular weight excluding hydrogens is 302 g/mol. The molecule has 3 rings (SSSR count). The number of aromatic nitrogens is 1. The van der Waals surface area contributed by atoms with Crippen molar-refractivity contribution in [3.05, 3.63) is 59.9 Å². The summed E-state index contributed by atoms with van der Waals surface area (Å²) in [7, 11) is 3.63. The Balaban J connectivity index is 1.58. The van der Waals surface area contributed by atoms with E-state index >= 15 is 0 Å². The van der Waals surface area contributed by atoms with E-state index in [-0.39, 0.29) is 11.9 Å². The van der Waals surface area contributed by atoms with Gasteiger partial charge in [-0.2, -0.15) is 0 Å². The Hall–Kier alpha value is -2.40. The molecule has 0 N–H and O–H groups in total. The SMILES string of the molecule is COc1cccc(C2CCN2C(=O)CN(C)Cc2cccnc2)c1. The smallest absolute Gasteiger partial charge is 0.237 e. The Morgan fingerprint density at radius 1 is 1.38 bits per heavy atom. The van der Waals surface area contributed by atoms with E-state index in [4.69, 9.17) is 4.74 Å². The molecule has 5 heteroatoms. The average Bonchev–Trinajstić information content (AvgIpc) is 2.54. The second kappa shape index (κ2) is 7.45. The summed E-state index contributed by atoms with van der Waals surface area (Å²) in [5.41, 5.74) is 2.25. The van der Waals surface area contributed by atoms with E-state index in [0.717, 1.165) is 36.4 Å². The molecule has 0 bridgehead atoms. The second-order valence-corrected chi connectivity index (χ2v) is 6.20. The second-order valence-electron chi connectivity index (χ2n) is 6.20. The van der Waals surface area contributed by atoms with Crippen molar-refractivity contribution >= 4 is 5.91 Å². The maximum Gasteiger partial charge on any atom is 0.237 e. The van der Waals surface area contributed by atoms with Crippen molar-refractivity contribution in [2.75, 3.05) is 27.2 Å². The summed E-state index contributed by atoms with van der Waals surface area (Å²) < 4.78 is 5.28. The lowest BCUT2D eigenvalue weighted by Gasteiger charge is -2.42. The molecule has 1 fully saturated rings. The first-order chi connectivity index (χ1) is 11.7. The quantitative estimate of drug-likeness (QED) is 0.819. The Morgan fingerprint density at radius 2 is 2.25 bits per heavy atom. The molecule has 1 saturated heterocycles. The molecule has 0 radical (unpaired) electrons.